The Hall–Kier alpha value is -1.10. The number of rotatable bonds is 10. The molecule has 1 aromatic rings. The van der Waals surface area contributed by atoms with Gasteiger partial charge in [0.15, 0.2) is 0 Å². The number of nitrogens with one attached hydrogen (secondary N) is 1. The zero-order valence-corrected chi connectivity index (χ0v) is 11.2. The molecule has 0 aliphatic carbocycles. The minimum Gasteiger partial charge on any atom is -0.468 e. The molecule has 1 heterocycles. The van der Waals surface area contributed by atoms with Crippen molar-refractivity contribution in [1.82, 2.24) is 10.2 Å². The van der Waals surface area contributed by atoms with Gasteiger partial charge in [-0.1, -0.05) is 13.0 Å². The number of furan rings is 1. The van der Waals surface area contributed by atoms with Crippen LogP contribution in [-0.4, -0.2) is 36.2 Å². The molecule has 0 radical (unpaired) electrons. The fourth-order valence-corrected chi connectivity index (χ4v) is 1.83. The minimum atomic E-state index is 0.151. The summed E-state index contributed by atoms with van der Waals surface area (Å²) in [6.07, 6.45) is 4.69. The first-order chi connectivity index (χ1) is 8.81. The molecule has 0 saturated carbocycles. The van der Waals surface area contributed by atoms with Gasteiger partial charge in [-0.15, -0.1) is 6.58 Å². The van der Waals surface area contributed by atoms with Gasteiger partial charge in [0, 0.05) is 25.2 Å². The van der Waals surface area contributed by atoms with Gasteiger partial charge in [-0.2, -0.15) is 0 Å². The molecule has 0 fully saturated rings. The molecular formula is C14H24N2O2. The average Bonchev–Trinajstić information content (AvgIpc) is 2.78. The molecule has 0 bridgehead atoms. The van der Waals surface area contributed by atoms with E-state index in [1.54, 1.807) is 6.26 Å². The lowest BCUT2D eigenvalue weighted by molar-refractivity contribution is 0.193. The third-order valence-corrected chi connectivity index (χ3v) is 2.75. The summed E-state index contributed by atoms with van der Waals surface area (Å²) in [5, 5.41) is 12.4. The maximum atomic E-state index is 9.02. The number of nitrogens with zero attached hydrogens (tertiary/aromatic N) is 1. The molecule has 0 saturated heterocycles. The Morgan fingerprint density at radius 1 is 1.56 bits per heavy atom. The van der Waals surface area contributed by atoms with E-state index in [1.807, 2.05) is 12.1 Å². The van der Waals surface area contributed by atoms with Gasteiger partial charge in [0.2, 0.25) is 0 Å². The second kappa shape index (κ2) is 8.91. The van der Waals surface area contributed by atoms with E-state index in [2.05, 4.69) is 23.7 Å². The van der Waals surface area contributed by atoms with Crippen molar-refractivity contribution < 1.29 is 9.52 Å². The van der Waals surface area contributed by atoms with E-state index < -0.39 is 0 Å². The molecule has 0 aromatic carbocycles. The van der Waals surface area contributed by atoms with E-state index >= 15 is 0 Å². The largest absolute Gasteiger partial charge is 0.468 e. The zero-order valence-electron chi connectivity index (χ0n) is 11.2. The van der Waals surface area contributed by atoms with Crippen LogP contribution < -0.4 is 5.32 Å². The Kier molecular flexibility index (Phi) is 7.41. The van der Waals surface area contributed by atoms with Gasteiger partial charge in [0.05, 0.1) is 19.4 Å². The lowest BCUT2D eigenvalue weighted by Gasteiger charge is -2.18. The van der Waals surface area contributed by atoms with Crippen molar-refractivity contribution in [1.29, 1.82) is 0 Å². The summed E-state index contributed by atoms with van der Waals surface area (Å²) < 4.78 is 5.52. The quantitative estimate of drug-likeness (QED) is 0.492. The Morgan fingerprint density at radius 2 is 2.39 bits per heavy atom. The molecule has 0 aliphatic rings. The lowest BCUT2D eigenvalue weighted by atomic mass is 10.2. The summed E-state index contributed by atoms with van der Waals surface area (Å²) in [5.41, 5.74) is 1.19. The van der Waals surface area contributed by atoms with Crippen LogP contribution in [0.3, 0.4) is 0 Å². The number of aliphatic hydroxyl groups excluding tert-OH is 1. The number of aliphatic hydroxyl groups is 1. The van der Waals surface area contributed by atoms with Gasteiger partial charge < -0.3 is 14.8 Å². The van der Waals surface area contributed by atoms with Crippen LogP contribution in [0.15, 0.2) is 29.4 Å². The van der Waals surface area contributed by atoms with Crippen molar-refractivity contribution >= 4 is 0 Å². The Bertz CT molecular complexity index is 336. The maximum Gasteiger partial charge on any atom is 0.122 e. The van der Waals surface area contributed by atoms with Crippen molar-refractivity contribution in [3.63, 3.8) is 0 Å². The summed E-state index contributed by atoms with van der Waals surface area (Å²) in [5.74, 6) is 0.967. The van der Waals surface area contributed by atoms with Crippen molar-refractivity contribution in [3.05, 3.63) is 36.3 Å². The molecule has 0 amide bonds. The van der Waals surface area contributed by atoms with Crippen LogP contribution in [0.1, 0.15) is 24.7 Å². The van der Waals surface area contributed by atoms with Crippen molar-refractivity contribution in [2.24, 2.45) is 0 Å². The van der Waals surface area contributed by atoms with Crippen LogP contribution in [0.5, 0.6) is 0 Å². The monoisotopic (exact) mass is 252 g/mol. The first-order valence-corrected chi connectivity index (χ1v) is 6.51. The SMILES string of the molecule is C=CCN(CCO)Cc1occc1CNCCC. The summed E-state index contributed by atoms with van der Waals surface area (Å²) in [6.45, 7) is 9.97. The fraction of sp³-hybridized carbons (Fsp3) is 0.571. The van der Waals surface area contributed by atoms with Gasteiger partial charge >= 0.3 is 0 Å². The molecule has 0 aliphatic heterocycles. The molecule has 18 heavy (non-hydrogen) atoms. The van der Waals surface area contributed by atoms with Crippen molar-refractivity contribution in [2.75, 3.05) is 26.2 Å². The van der Waals surface area contributed by atoms with Gasteiger partial charge in [0.25, 0.3) is 0 Å². The lowest BCUT2D eigenvalue weighted by Crippen LogP contribution is -2.27. The van der Waals surface area contributed by atoms with E-state index in [4.69, 9.17) is 9.52 Å². The highest BCUT2D eigenvalue weighted by atomic mass is 16.3. The molecule has 0 spiro atoms. The zero-order chi connectivity index (χ0) is 13.2. The minimum absolute atomic E-state index is 0.151. The molecule has 2 N–H and O–H groups in total. The fourth-order valence-electron chi connectivity index (χ4n) is 1.83. The first kappa shape index (κ1) is 15.0. The van der Waals surface area contributed by atoms with Gasteiger partial charge in [0.1, 0.15) is 5.76 Å². The van der Waals surface area contributed by atoms with Crippen molar-refractivity contribution in [3.8, 4) is 0 Å². The van der Waals surface area contributed by atoms with E-state index in [0.717, 1.165) is 31.8 Å². The molecule has 102 valence electrons. The summed E-state index contributed by atoms with van der Waals surface area (Å²) in [7, 11) is 0. The standard InChI is InChI=1S/C14H24N2O2/c1-3-6-15-11-13-5-10-18-14(13)12-16(7-4-2)8-9-17/h4-5,10,15,17H,2-3,6-9,11-12H2,1H3. The van der Waals surface area contributed by atoms with Crippen LogP contribution in [0.4, 0.5) is 0 Å². The second-order valence-corrected chi connectivity index (χ2v) is 4.29. The third-order valence-electron chi connectivity index (χ3n) is 2.75. The van der Waals surface area contributed by atoms with Gasteiger partial charge in [-0.3, -0.25) is 4.90 Å². The summed E-state index contributed by atoms with van der Waals surface area (Å²) in [4.78, 5) is 2.11. The van der Waals surface area contributed by atoms with Crippen LogP contribution >= 0.6 is 0 Å². The summed E-state index contributed by atoms with van der Waals surface area (Å²) in [6, 6.07) is 2.00. The Balaban J connectivity index is 2.53. The number of hydrogen-bond acceptors (Lipinski definition) is 4. The molecule has 1 aromatic heterocycles. The van der Waals surface area contributed by atoms with Crippen LogP contribution in [0.25, 0.3) is 0 Å². The van der Waals surface area contributed by atoms with Gasteiger partial charge in [-0.25, -0.2) is 0 Å². The Labute approximate surface area is 109 Å². The van der Waals surface area contributed by atoms with Crippen LogP contribution in [0, 0.1) is 0 Å². The highest BCUT2D eigenvalue weighted by Crippen LogP contribution is 2.13. The highest BCUT2D eigenvalue weighted by molar-refractivity contribution is 5.16. The van der Waals surface area contributed by atoms with E-state index in [0.29, 0.717) is 13.1 Å². The Morgan fingerprint density at radius 3 is 3.06 bits per heavy atom. The van der Waals surface area contributed by atoms with Crippen molar-refractivity contribution in [2.45, 2.75) is 26.4 Å². The predicted molar refractivity (Wildman–Crippen MR) is 73.3 cm³/mol. The van der Waals surface area contributed by atoms with Crippen LogP contribution in [0.2, 0.25) is 0 Å². The van der Waals surface area contributed by atoms with E-state index in [1.165, 1.54) is 5.56 Å². The molecule has 4 heteroatoms. The normalized spacial score (nSPS) is 11.1. The first-order valence-electron chi connectivity index (χ1n) is 6.51. The predicted octanol–water partition coefficient (Wildman–Crippen LogP) is 1.76. The number of hydrogen-bond donors (Lipinski definition) is 2. The molecular weight excluding hydrogens is 228 g/mol. The van der Waals surface area contributed by atoms with Crippen LogP contribution in [-0.2, 0) is 13.1 Å². The highest BCUT2D eigenvalue weighted by Gasteiger charge is 2.10. The summed E-state index contributed by atoms with van der Waals surface area (Å²) >= 11 is 0. The second-order valence-electron chi connectivity index (χ2n) is 4.29. The molecule has 0 atom stereocenters. The topological polar surface area (TPSA) is 48.6 Å². The molecule has 1 rings (SSSR count). The average molecular weight is 252 g/mol. The van der Waals surface area contributed by atoms with Gasteiger partial charge in [-0.05, 0) is 19.0 Å². The smallest absolute Gasteiger partial charge is 0.122 e. The van der Waals surface area contributed by atoms with E-state index in [-0.39, 0.29) is 6.61 Å². The molecule has 0 unspecified atom stereocenters. The van der Waals surface area contributed by atoms with E-state index in [9.17, 15) is 0 Å². The third kappa shape index (κ3) is 5.04. The maximum absolute atomic E-state index is 9.02. The molecule has 4 nitrogen and oxygen atoms in total.